The molecule has 0 saturated heterocycles. The van der Waals surface area contributed by atoms with E-state index in [-0.39, 0.29) is 23.0 Å². The first-order valence-corrected chi connectivity index (χ1v) is 6.15. The van der Waals surface area contributed by atoms with Crippen LogP contribution in [0.25, 0.3) is 6.08 Å². The van der Waals surface area contributed by atoms with Crippen molar-refractivity contribution in [2.24, 2.45) is 0 Å². The van der Waals surface area contributed by atoms with Crippen molar-refractivity contribution in [1.82, 2.24) is 0 Å². The molecule has 0 amide bonds. The smallest absolute Gasteiger partial charge is 0.231 e. The molecule has 1 aliphatic rings. The number of Topliss-reactive ketones (excluding diaryl/α,β-unsaturated/α-hetero) is 1. The van der Waals surface area contributed by atoms with Crippen LogP contribution in [-0.2, 0) is 0 Å². The minimum absolute atomic E-state index is 0.0219. The molecule has 0 saturated carbocycles. The fraction of sp³-hybridized carbons (Fsp3) is 0. The quantitative estimate of drug-likeness (QED) is 0.573. The third-order valence-corrected chi connectivity index (χ3v) is 3.11. The fourth-order valence-corrected chi connectivity index (χ4v) is 2.05. The second-order valence-corrected chi connectivity index (χ2v) is 4.55. The summed E-state index contributed by atoms with van der Waals surface area (Å²) < 4.78 is 5.42. The standard InChI is InChI=1S/C15H11NO5/c17-11-5-6-12-13(8-11)21-14(15(12)18)7-9-1-3-10(4-2-9)16(19)20/h1-8,16-17,19H. The van der Waals surface area contributed by atoms with E-state index in [0.29, 0.717) is 16.9 Å². The van der Waals surface area contributed by atoms with Gasteiger partial charge in [0, 0.05) is 18.2 Å². The molecule has 1 unspecified atom stereocenters. The predicted molar refractivity (Wildman–Crippen MR) is 73.3 cm³/mol. The average Bonchev–Trinajstić information content (AvgIpc) is 2.75. The van der Waals surface area contributed by atoms with Crippen molar-refractivity contribution in [3.8, 4) is 11.5 Å². The zero-order valence-electron chi connectivity index (χ0n) is 10.7. The van der Waals surface area contributed by atoms with Gasteiger partial charge in [-0.25, -0.2) is 5.21 Å². The lowest BCUT2D eigenvalue weighted by Gasteiger charge is -2.10. The van der Waals surface area contributed by atoms with Gasteiger partial charge in [-0.3, -0.25) is 4.79 Å². The van der Waals surface area contributed by atoms with Gasteiger partial charge in [-0.15, -0.1) is 0 Å². The number of aromatic hydroxyl groups is 1. The van der Waals surface area contributed by atoms with Crippen molar-refractivity contribution in [2.75, 3.05) is 0 Å². The van der Waals surface area contributed by atoms with Crippen LogP contribution in [-0.4, -0.2) is 16.1 Å². The van der Waals surface area contributed by atoms with Gasteiger partial charge in [-0.1, -0.05) is 0 Å². The van der Waals surface area contributed by atoms with Gasteiger partial charge in [0.2, 0.25) is 5.78 Å². The molecule has 0 radical (unpaired) electrons. The van der Waals surface area contributed by atoms with E-state index in [2.05, 4.69) is 0 Å². The van der Waals surface area contributed by atoms with Gasteiger partial charge in [-0.2, -0.15) is 5.23 Å². The second kappa shape index (κ2) is 5.02. The summed E-state index contributed by atoms with van der Waals surface area (Å²) in [6.07, 6.45) is 1.53. The lowest BCUT2D eigenvalue weighted by Crippen LogP contribution is -2.99. The summed E-state index contributed by atoms with van der Waals surface area (Å²) in [5.74, 6) is 0.202. The molecular formula is C15H11NO5. The average molecular weight is 285 g/mol. The summed E-state index contributed by atoms with van der Waals surface area (Å²) >= 11 is 0. The minimum atomic E-state index is -1.01. The lowest BCUT2D eigenvalue weighted by atomic mass is 10.1. The molecular weight excluding hydrogens is 274 g/mol. The molecule has 6 nitrogen and oxygen atoms in total. The summed E-state index contributed by atoms with van der Waals surface area (Å²) in [5, 5.41) is 28.0. The van der Waals surface area contributed by atoms with E-state index >= 15 is 0 Å². The van der Waals surface area contributed by atoms with Crippen molar-refractivity contribution in [2.45, 2.75) is 0 Å². The van der Waals surface area contributed by atoms with Gasteiger partial charge >= 0.3 is 0 Å². The molecule has 0 spiro atoms. The van der Waals surface area contributed by atoms with E-state index in [4.69, 9.17) is 9.94 Å². The molecule has 2 aromatic carbocycles. The van der Waals surface area contributed by atoms with Gasteiger partial charge in [0.15, 0.2) is 11.4 Å². The molecule has 106 valence electrons. The van der Waals surface area contributed by atoms with E-state index in [0.717, 1.165) is 0 Å². The van der Waals surface area contributed by atoms with Gasteiger partial charge in [0.1, 0.15) is 11.5 Å². The van der Waals surface area contributed by atoms with E-state index in [1.807, 2.05) is 0 Å². The van der Waals surface area contributed by atoms with Crippen LogP contribution in [0.5, 0.6) is 11.5 Å². The van der Waals surface area contributed by atoms with Crippen LogP contribution in [0.15, 0.2) is 48.2 Å². The summed E-state index contributed by atoms with van der Waals surface area (Å²) in [6, 6.07) is 10.4. The van der Waals surface area contributed by atoms with Crippen LogP contribution >= 0.6 is 0 Å². The van der Waals surface area contributed by atoms with Crippen molar-refractivity contribution in [3.63, 3.8) is 0 Å². The first kappa shape index (κ1) is 13.3. The molecule has 0 aromatic heterocycles. The molecule has 6 heteroatoms. The number of allylic oxidation sites excluding steroid dienone is 1. The van der Waals surface area contributed by atoms with Gasteiger partial charge in [-0.05, 0) is 35.9 Å². The Morgan fingerprint density at radius 1 is 1.14 bits per heavy atom. The molecule has 3 rings (SSSR count). The van der Waals surface area contributed by atoms with Crippen LogP contribution in [0.1, 0.15) is 15.9 Å². The molecule has 0 aliphatic carbocycles. The Kier molecular flexibility index (Phi) is 3.19. The van der Waals surface area contributed by atoms with Crippen molar-refractivity contribution in [1.29, 1.82) is 0 Å². The Balaban J connectivity index is 1.90. The molecule has 1 heterocycles. The number of hydrogen-bond acceptors (Lipinski definition) is 5. The first-order valence-electron chi connectivity index (χ1n) is 6.15. The topological polar surface area (TPSA) is 94.3 Å². The molecule has 1 aliphatic heterocycles. The number of carbonyl (C=O) groups excluding carboxylic acids is 1. The monoisotopic (exact) mass is 285 g/mol. The SMILES string of the molecule is O=C1C(=Cc2ccc([NH+]([O-])O)cc2)Oc2cc(O)ccc21. The maximum absolute atomic E-state index is 12.1. The largest absolute Gasteiger partial charge is 0.595 e. The number of quaternary nitrogens is 1. The number of hydrogen-bond donors (Lipinski definition) is 3. The number of rotatable bonds is 2. The molecule has 21 heavy (non-hydrogen) atoms. The van der Waals surface area contributed by atoms with Crippen molar-refractivity contribution >= 4 is 17.5 Å². The fourth-order valence-electron chi connectivity index (χ4n) is 2.05. The van der Waals surface area contributed by atoms with Crippen LogP contribution in [0.4, 0.5) is 5.69 Å². The summed E-state index contributed by atoms with van der Waals surface area (Å²) in [4.78, 5) is 12.1. The van der Waals surface area contributed by atoms with Gasteiger partial charge in [0.25, 0.3) is 0 Å². The summed E-state index contributed by atoms with van der Waals surface area (Å²) in [5.41, 5.74) is 1.21. The Morgan fingerprint density at radius 3 is 2.52 bits per heavy atom. The number of benzene rings is 2. The third-order valence-electron chi connectivity index (χ3n) is 3.11. The zero-order valence-corrected chi connectivity index (χ0v) is 10.7. The van der Waals surface area contributed by atoms with Crippen LogP contribution in [0, 0.1) is 5.21 Å². The van der Waals surface area contributed by atoms with E-state index < -0.39 is 5.23 Å². The second-order valence-electron chi connectivity index (χ2n) is 4.55. The predicted octanol–water partition coefficient (Wildman–Crippen LogP) is 1.41. The number of ether oxygens (including phenoxy) is 1. The number of nitrogens with one attached hydrogen (secondary N) is 1. The van der Waals surface area contributed by atoms with E-state index in [1.165, 1.54) is 36.4 Å². The van der Waals surface area contributed by atoms with Crippen molar-refractivity contribution < 1.29 is 25.1 Å². The molecule has 1 atom stereocenters. The minimum Gasteiger partial charge on any atom is -0.595 e. The molecule has 3 N–H and O–H groups in total. The maximum Gasteiger partial charge on any atom is 0.231 e. The van der Waals surface area contributed by atoms with Crippen molar-refractivity contribution in [3.05, 3.63) is 64.6 Å². The van der Waals surface area contributed by atoms with E-state index in [9.17, 15) is 15.1 Å². The Labute approximate surface area is 119 Å². The molecule has 2 aromatic rings. The highest BCUT2D eigenvalue weighted by Crippen LogP contribution is 2.34. The maximum atomic E-state index is 12.1. The molecule has 0 bridgehead atoms. The first-order chi connectivity index (χ1) is 10.0. The van der Waals surface area contributed by atoms with Crippen LogP contribution in [0.3, 0.4) is 0 Å². The number of phenolic OH excluding ortho intramolecular Hbond substituents is 1. The Morgan fingerprint density at radius 2 is 1.86 bits per heavy atom. The Bertz CT molecular complexity index is 734. The van der Waals surface area contributed by atoms with Crippen LogP contribution < -0.4 is 9.96 Å². The third kappa shape index (κ3) is 2.50. The zero-order chi connectivity index (χ0) is 15.0. The highest BCUT2D eigenvalue weighted by atomic mass is 16.8. The summed E-state index contributed by atoms with van der Waals surface area (Å²) in [6.45, 7) is 0. The summed E-state index contributed by atoms with van der Waals surface area (Å²) in [7, 11) is 0. The van der Waals surface area contributed by atoms with E-state index in [1.54, 1.807) is 12.1 Å². The highest BCUT2D eigenvalue weighted by molar-refractivity contribution is 6.14. The molecule has 0 fully saturated rings. The lowest BCUT2D eigenvalue weighted by molar-refractivity contribution is -0.991. The normalized spacial score (nSPS) is 16.7. The number of ketones is 1. The Hall–Kier alpha value is -2.67. The highest BCUT2D eigenvalue weighted by Gasteiger charge is 2.27. The number of phenols is 1. The number of fused-ring (bicyclic) bond motifs is 1. The van der Waals surface area contributed by atoms with Gasteiger partial charge < -0.3 is 15.1 Å². The van der Waals surface area contributed by atoms with Gasteiger partial charge in [0.05, 0.1) is 5.56 Å². The van der Waals surface area contributed by atoms with Crippen LogP contribution in [0.2, 0.25) is 0 Å². The number of carbonyl (C=O) groups is 1.